The summed E-state index contributed by atoms with van der Waals surface area (Å²) in [6, 6.07) is 55.4. The quantitative estimate of drug-likeness (QED) is 0.183. The van der Waals surface area contributed by atoms with Crippen LogP contribution in [-0.2, 0) is 5.41 Å². The second-order valence-corrected chi connectivity index (χ2v) is 15.3. The molecule has 0 atom stereocenters. The molecule has 0 radical (unpaired) electrons. The van der Waals surface area contributed by atoms with Gasteiger partial charge in [0.15, 0.2) is 5.82 Å². The maximum absolute atomic E-state index is 5.20. The predicted octanol–water partition coefficient (Wildman–Crippen LogP) is 12.3. The van der Waals surface area contributed by atoms with Crippen molar-refractivity contribution in [3.63, 3.8) is 0 Å². The van der Waals surface area contributed by atoms with Crippen LogP contribution in [-0.4, -0.2) is 15.0 Å². The Hall–Kier alpha value is -6.10. The lowest BCUT2D eigenvalue weighted by atomic mass is 9.67. The number of hydrogen-bond donors (Lipinski definition) is 0. The van der Waals surface area contributed by atoms with E-state index in [2.05, 4.69) is 171 Å². The number of nitrogens with zero attached hydrogens (tertiary/aromatic N) is 3. The maximum Gasteiger partial charge on any atom is 0.160 e. The molecule has 0 fully saturated rings. The largest absolute Gasteiger partial charge is 0.256 e. The third-order valence-electron chi connectivity index (χ3n) is 10.9. The van der Waals surface area contributed by atoms with Crippen molar-refractivity contribution < 1.29 is 0 Å². The Morgan fingerprint density at radius 1 is 0.453 bits per heavy atom. The average molecular weight is 698 g/mol. The van der Waals surface area contributed by atoms with E-state index in [-0.39, 0.29) is 0 Å². The van der Waals surface area contributed by atoms with E-state index >= 15 is 0 Å². The zero-order valence-electron chi connectivity index (χ0n) is 29.8. The summed E-state index contributed by atoms with van der Waals surface area (Å²) in [5, 5.41) is 0. The van der Waals surface area contributed by atoms with E-state index < -0.39 is 5.41 Å². The maximum atomic E-state index is 5.20. The number of aromatic nitrogens is 3. The smallest absolute Gasteiger partial charge is 0.160 e. The van der Waals surface area contributed by atoms with E-state index in [1.807, 2.05) is 24.0 Å². The van der Waals surface area contributed by atoms with Crippen LogP contribution in [0, 0.1) is 20.8 Å². The van der Waals surface area contributed by atoms with Gasteiger partial charge in [0.05, 0.1) is 16.8 Å². The van der Waals surface area contributed by atoms with Gasteiger partial charge in [-0.2, -0.15) is 0 Å². The molecule has 1 spiro atoms. The average Bonchev–Trinajstić information content (AvgIpc) is 3.47. The molecule has 1 aliphatic carbocycles. The van der Waals surface area contributed by atoms with Crippen molar-refractivity contribution in [1.82, 2.24) is 15.0 Å². The van der Waals surface area contributed by atoms with Crippen molar-refractivity contribution in [3.05, 3.63) is 197 Å². The first-order valence-electron chi connectivity index (χ1n) is 18.1. The highest BCUT2D eigenvalue weighted by atomic mass is 32.2. The van der Waals surface area contributed by atoms with Crippen molar-refractivity contribution in [1.29, 1.82) is 0 Å². The van der Waals surface area contributed by atoms with Crippen molar-refractivity contribution in [2.75, 3.05) is 0 Å². The Kier molecular flexibility index (Phi) is 7.31. The molecule has 53 heavy (non-hydrogen) atoms. The third kappa shape index (κ3) is 5.01. The highest BCUT2D eigenvalue weighted by molar-refractivity contribution is 7.99. The molecule has 1 aliphatic heterocycles. The van der Waals surface area contributed by atoms with Crippen LogP contribution in [0.4, 0.5) is 0 Å². The van der Waals surface area contributed by atoms with Crippen LogP contribution < -0.4 is 0 Å². The summed E-state index contributed by atoms with van der Waals surface area (Å²) in [6.45, 7) is 6.31. The van der Waals surface area contributed by atoms with Crippen LogP contribution in [0.25, 0.3) is 56.2 Å². The molecule has 6 aromatic carbocycles. The summed E-state index contributed by atoms with van der Waals surface area (Å²) in [6.07, 6.45) is 1.88. The van der Waals surface area contributed by atoms with Gasteiger partial charge in [-0.15, -0.1) is 0 Å². The van der Waals surface area contributed by atoms with Gasteiger partial charge < -0.3 is 0 Å². The van der Waals surface area contributed by atoms with E-state index in [9.17, 15) is 0 Å². The van der Waals surface area contributed by atoms with Crippen molar-refractivity contribution in [2.45, 2.75) is 36.0 Å². The van der Waals surface area contributed by atoms with Crippen molar-refractivity contribution in [2.24, 2.45) is 0 Å². The zero-order chi connectivity index (χ0) is 35.7. The highest BCUT2D eigenvalue weighted by Crippen LogP contribution is 2.62. The molecule has 3 nitrogen and oxygen atoms in total. The number of benzene rings is 6. The van der Waals surface area contributed by atoms with Crippen LogP contribution in [0.1, 0.15) is 39.1 Å². The van der Waals surface area contributed by atoms with Crippen LogP contribution >= 0.6 is 11.8 Å². The van der Waals surface area contributed by atoms with Gasteiger partial charge in [0.25, 0.3) is 0 Å². The minimum atomic E-state index is -0.525. The van der Waals surface area contributed by atoms with Gasteiger partial charge in [0.1, 0.15) is 0 Å². The molecule has 0 saturated heterocycles. The van der Waals surface area contributed by atoms with E-state index in [1.165, 1.54) is 65.4 Å². The van der Waals surface area contributed by atoms with E-state index in [4.69, 9.17) is 9.97 Å². The fraction of sp³-hybridized carbons (Fsp3) is 0.0816. The molecule has 0 saturated carbocycles. The molecule has 0 unspecified atom stereocenters. The van der Waals surface area contributed by atoms with E-state index in [0.717, 1.165) is 39.6 Å². The Labute approximate surface area is 314 Å². The second-order valence-electron chi connectivity index (χ2n) is 14.2. The van der Waals surface area contributed by atoms with E-state index in [0.29, 0.717) is 0 Å². The molecular weight excluding hydrogens is 663 g/mol. The number of rotatable bonds is 4. The first-order valence-corrected chi connectivity index (χ1v) is 18.9. The Bertz CT molecular complexity index is 2700. The molecule has 0 amide bonds. The fourth-order valence-corrected chi connectivity index (χ4v) is 9.63. The Balaban J connectivity index is 1.19. The topological polar surface area (TPSA) is 38.7 Å². The first-order chi connectivity index (χ1) is 26.0. The molecule has 4 heteroatoms. The molecule has 3 heterocycles. The molecule has 10 rings (SSSR count). The second kappa shape index (κ2) is 12.3. The Morgan fingerprint density at radius 3 is 1.75 bits per heavy atom. The monoisotopic (exact) mass is 697 g/mol. The molecule has 252 valence electrons. The van der Waals surface area contributed by atoms with E-state index in [1.54, 1.807) is 0 Å². The fourth-order valence-electron chi connectivity index (χ4n) is 8.44. The van der Waals surface area contributed by atoms with Gasteiger partial charge in [-0.25, -0.2) is 9.97 Å². The lowest BCUT2D eigenvalue weighted by Crippen LogP contribution is -2.32. The molecule has 0 bridgehead atoms. The molecular formula is C49H35N3S. The summed E-state index contributed by atoms with van der Waals surface area (Å²) >= 11 is 1.87. The lowest BCUT2D eigenvalue weighted by Gasteiger charge is -2.39. The van der Waals surface area contributed by atoms with Gasteiger partial charge in [-0.3, -0.25) is 4.98 Å². The molecule has 0 N–H and O–H groups in total. The highest BCUT2D eigenvalue weighted by Gasteiger charge is 2.50. The van der Waals surface area contributed by atoms with Gasteiger partial charge in [-0.05, 0) is 119 Å². The van der Waals surface area contributed by atoms with Crippen LogP contribution in [0.5, 0.6) is 0 Å². The van der Waals surface area contributed by atoms with Crippen molar-refractivity contribution >= 4 is 11.8 Å². The van der Waals surface area contributed by atoms with Crippen molar-refractivity contribution in [3.8, 4) is 56.2 Å². The standard InChI is InChI=1S/C49H35N3S/c1-30-24-25-50-44(26-30)34-18-16-33(17-19-34)35-20-22-38-39-23-21-36(48-51-32(3)27-45(52-48)37-11-5-4-10-31(37)2)29-43(39)49(42(38)28-35)40-12-6-8-14-46(40)53-47-15-9-7-13-41(47)49/h4-29H,1-3H3. The molecule has 2 aromatic heterocycles. The number of fused-ring (bicyclic) bond motifs is 9. The SMILES string of the molecule is Cc1ccnc(-c2ccc(-c3ccc4c(c3)C3(c5ccccc5Sc5ccccc53)c3cc(-c5nc(C)cc(-c6ccccc6C)n5)ccc3-4)cc2)c1. The summed E-state index contributed by atoms with van der Waals surface area (Å²) in [5.74, 6) is 0.743. The minimum Gasteiger partial charge on any atom is -0.256 e. The number of hydrogen-bond acceptors (Lipinski definition) is 4. The normalized spacial score (nSPS) is 13.3. The van der Waals surface area contributed by atoms with Crippen LogP contribution in [0.15, 0.2) is 168 Å². The third-order valence-corrected chi connectivity index (χ3v) is 12.1. The van der Waals surface area contributed by atoms with Gasteiger partial charge in [0.2, 0.25) is 0 Å². The van der Waals surface area contributed by atoms with Gasteiger partial charge >= 0.3 is 0 Å². The van der Waals surface area contributed by atoms with Crippen LogP contribution in [0.3, 0.4) is 0 Å². The number of aryl methyl sites for hydroxylation is 3. The first kappa shape index (κ1) is 31.6. The summed E-state index contributed by atoms with van der Waals surface area (Å²) < 4.78 is 0. The number of pyridine rings is 1. The Morgan fingerprint density at radius 2 is 1.06 bits per heavy atom. The summed E-state index contributed by atoms with van der Waals surface area (Å²) in [4.78, 5) is 17.4. The zero-order valence-corrected chi connectivity index (χ0v) is 30.6. The van der Waals surface area contributed by atoms with Crippen LogP contribution in [0.2, 0.25) is 0 Å². The summed E-state index contributed by atoms with van der Waals surface area (Å²) in [5.41, 5.74) is 18.1. The lowest BCUT2D eigenvalue weighted by molar-refractivity contribution is 0.722. The predicted molar refractivity (Wildman–Crippen MR) is 217 cm³/mol. The molecule has 8 aromatic rings. The van der Waals surface area contributed by atoms with Gasteiger partial charge in [-0.1, -0.05) is 121 Å². The minimum absolute atomic E-state index is 0.525. The van der Waals surface area contributed by atoms with Gasteiger partial charge in [0, 0.05) is 38.4 Å². The summed E-state index contributed by atoms with van der Waals surface area (Å²) in [7, 11) is 0. The molecule has 2 aliphatic rings.